The number of aliphatic imine (C=N–C) groups is 1. The molecule has 2 aliphatic rings. The molecule has 1 aliphatic carbocycles. The monoisotopic (exact) mass is 472 g/mol. The fraction of sp³-hybridized carbons (Fsp3) is 0.650. The number of halogens is 1. The maximum atomic E-state index is 5.66. The molecule has 2 N–H and O–H groups in total. The van der Waals surface area contributed by atoms with Crippen molar-refractivity contribution >= 4 is 29.9 Å². The van der Waals surface area contributed by atoms with Gasteiger partial charge in [0.05, 0.1) is 6.61 Å². The van der Waals surface area contributed by atoms with E-state index in [4.69, 9.17) is 4.74 Å². The highest BCUT2D eigenvalue weighted by molar-refractivity contribution is 14.0. The van der Waals surface area contributed by atoms with Crippen molar-refractivity contribution in [2.24, 2.45) is 10.9 Å². The molecule has 1 atom stereocenters. The van der Waals surface area contributed by atoms with Crippen molar-refractivity contribution in [1.82, 2.24) is 15.5 Å². The van der Waals surface area contributed by atoms with E-state index in [0.29, 0.717) is 6.04 Å². The lowest BCUT2D eigenvalue weighted by Gasteiger charge is -2.25. The number of nitrogens with one attached hydrogen (secondary N) is 2. The number of nitrogens with zero attached hydrogens (tertiary/aromatic N) is 2. The molecule has 0 amide bonds. The van der Waals surface area contributed by atoms with Crippen LogP contribution in [0.2, 0.25) is 0 Å². The molecular weight excluding hydrogens is 439 g/mol. The molecule has 2 fully saturated rings. The van der Waals surface area contributed by atoms with Gasteiger partial charge < -0.3 is 15.4 Å². The van der Waals surface area contributed by atoms with Gasteiger partial charge in [-0.25, -0.2) is 0 Å². The number of hydrogen-bond acceptors (Lipinski definition) is 3. The number of benzene rings is 1. The van der Waals surface area contributed by atoms with Crippen LogP contribution in [0.4, 0.5) is 0 Å². The van der Waals surface area contributed by atoms with Gasteiger partial charge in [-0.15, -0.1) is 24.0 Å². The van der Waals surface area contributed by atoms with Crippen LogP contribution in [0.5, 0.6) is 0 Å². The Labute approximate surface area is 175 Å². The van der Waals surface area contributed by atoms with Crippen molar-refractivity contribution in [1.29, 1.82) is 0 Å². The van der Waals surface area contributed by atoms with Gasteiger partial charge in [-0.3, -0.25) is 9.89 Å². The van der Waals surface area contributed by atoms with E-state index >= 15 is 0 Å². The van der Waals surface area contributed by atoms with Crippen LogP contribution in [0.3, 0.4) is 0 Å². The molecule has 146 valence electrons. The van der Waals surface area contributed by atoms with Crippen molar-refractivity contribution in [3.8, 4) is 0 Å². The maximum absolute atomic E-state index is 5.66. The zero-order chi connectivity index (χ0) is 17.3. The molecule has 6 heteroatoms. The lowest BCUT2D eigenvalue weighted by atomic mass is 10.2. The predicted octanol–water partition coefficient (Wildman–Crippen LogP) is 2.86. The highest BCUT2D eigenvalue weighted by Gasteiger charge is 2.24. The van der Waals surface area contributed by atoms with Crippen molar-refractivity contribution < 1.29 is 4.74 Å². The lowest BCUT2D eigenvalue weighted by Crippen LogP contribution is -2.45. The lowest BCUT2D eigenvalue weighted by molar-refractivity contribution is 0.129. The Morgan fingerprint density at radius 1 is 1.19 bits per heavy atom. The number of rotatable bonds is 9. The van der Waals surface area contributed by atoms with E-state index < -0.39 is 0 Å². The Balaban J connectivity index is 0.00000243. The van der Waals surface area contributed by atoms with Gasteiger partial charge >= 0.3 is 0 Å². The zero-order valence-corrected chi connectivity index (χ0v) is 18.2. The van der Waals surface area contributed by atoms with Crippen LogP contribution in [0.15, 0.2) is 35.3 Å². The summed E-state index contributed by atoms with van der Waals surface area (Å²) in [5, 5.41) is 6.83. The van der Waals surface area contributed by atoms with Gasteiger partial charge in [-0.1, -0.05) is 30.3 Å². The first-order chi connectivity index (χ1) is 12.3. The fourth-order valence-electron chi connectivity index (χ4n) is 3.36. The van der Waals surface area contributed by atoms with Gasteiger partial charge in [0.1, 0.15) is 0 Å². The molecule has 0 radical (unpaired) electrons. The van der Waals surface area contributed by atoms with Gasteiger partial charge in [0.15, 0.2) is 5.96 Å². The van der Waals surface area contributed by atoms with Gasteiger partial charge in [0.2, 0.25) is 0 Å². The van der Waals surface area contributed by atoms with Crippen molar-refractivity contribution in [2.45, 2.75) is 38.3 Å². The second-order valence-corrected chi connectivity index (χ2v) is 7.15. The van der Waals surface area contributed by atoms with Crippen molar-refractivity contribution in [3.05, 3.63) is 35.9 Å². The number of likely N-dealkylation sites (tertiary alicyclic amines) is 1. The molecule has 0 aromatic heterocycles. The van der Waals surface area contributed by atoms with Crippen molar-refractivity contribution in [3.63, 3.8) is 0 Å². The SMILES string of the molecule is CN=C(NCCOCC1CC1)NCC1CCCN1Cc1ccccc1.I. The zero-order valence-electron chi connectivity index (χ0n) is 15.8. The Bertz CT molecular complexity index is 536. The van der Waals surface area contributed by atoms with Crippen LogP contribution in [0.1, 0.15) is 31.2 Å². The summed E-state index contributed by atoms with van der Waals surface area (Å²) in [5.74, 6) is 1.71. The second kappa shape index (κ2) is 11.8. The van der Waals surface area contributed by atoms with Gasteiger partial charge in [-0.05, 0) is 43.7 Å². The minimum absolute atomic E-state index is 0. The largest absolute Gasteiger partial charge is 0.379 e. The minimum Gasteiger partial charge on any atom is -0.379 e. The first-order valence-corrected chi connectivity index (χ1v) is 9.65. The van der Waals surface area contributed by atoms with Crippen LogP contribution in [-0.2, 0) is 11.3 Å². The van der Waals surface area contributed by atoms with Crippen LogP contribution < -0.4 is 10.6 Å². The van der Waals surface area contributed by atoms with Gasteiger partial charge in [0.25, 0.3) is 0 Å². The van der Waals surface area contributed by atoms with Crippen molar-refractivity contribution in [2.75, 3.05) is 39.9 Å². The molecule has 1 aromatic carbocycles. The summed E-state index contributed by atoms with van der Waals surface area (Å²) in [4.78, 5) is 6.90. The summed E-state index contributed by atoms with van der Waals surface area (Å²) in [6.07, 6.45) is 5.22. The Hall–Kier alpha value is -0.860. The highest BCUT2D eigenvalue weighted by atomic mass is 127. The first kappa shape index (κ1) is 21.4. The third-order valence-corrected chi connectivity index (χ3v) is 5.05. The molecule has 1 saturated carbocycles. The minimum atomic E-state index is 0. The molecule has 1 aromatic rings. The van der Waals surface area contributed by atoms with E-state index in [1.807, 2.05) is 7.05 Å². The molecule has 1 heterocycles. The average Bonchev–Trinajstić information content (AvgIpc) is 3.37. The Morgan fingerprint density at radius 2 is 2.00 bits per heavy atom. The normalized spacial score (nSPS) is 20.7. The molecule has 0 spiro atoms. The Morgan fingerprint density at radius 3 is 2.73 bits per heavy atom. The highest BCUT2D eigenvalue weighted by Crippen LogP contribution is 2.28. The van der Waals surface area contributed by atoms with E-state index in [1.54, 1.807) is 0 Å². The van der Waals surface area contributed by atoms with Gasteiger partial charge in [-0.2, -0.15) is 0 Å². The molecule has 1 saturated heterocycles. The molecule has 0 bridgehead atoms. The smallest absolute Gasteiger partial charge is 0.191 e. The molecule has 26 heavy (non-hydrogen) atoms. The number of hydrogen-bond donors (Lipinski definition) is 2. The molecule has 5 nitrogen and oxygen atoms in total. The topological polar surface area (TPSA) is 48.9 Å². The third-order valence-electron chi connectivity index (χ3n) is 5.05. The van der Waals surface area contributed by atoms with Crippen LogP contribution in [0, 0.1) is 5.92 Å². The molecular formula is C20H33IN4O. The van der Waals surface area contributed by atoms with E-state index in [2.05, 4.69) is 50.9 Å². The standard InChI is InChI=1S/C20H32N4O.HI/c1-21-20(22-11-13-25-16-18-9-10-18)23-14-19-8-5-12-24(19)15-17-6-3-2-4-7-17;/h2-4,6-7,18-19H,5,8-16H2,1H3,(H2,21,22,23);1H. The number of ether oxygens (including phenoxy) is 1. The van der Waals surface area contributed by atoms with Crippen LogP contribution >= 0.6 is 24.0 Å². The summed E-state index contributed by atoms with van der Waals surface area (Å²) in [7, 11) is 1.83. The molecule has 1 aliphatic heterocycles. The summed E-state index contributed by atoms with van der Waals surface area (Å²) >= 11 is 0. The summed E-state index contributed by atoms with van der Waals surface area (Å²) in [6.45, 7) is 5.64. The van der Waals surface area contributed by atoms with E-state index in [-0.39, 0.29) is 24.0 Å². The third kappa shape index (κ3) is 7.40. The summed E-state index contributed by atoms with van der Waals surface area (Å²) < 4.78 is 5.66. The Kier molecular flexibility index (Phi) is 9.71. The average molecular weight is 472 g/mol. The summed E-state index contributed by atoms with van der Waals surface area (Å²) in [5.41, 5.74) is 1.39. The van der Waals surface area contributed by atoms with Crippen LogP contribution in [-0.4, -0.2) is 56.8 Å². The predicted molar refractivity (Wildman–Crippen MR) is 118 cm³/mol. The van der Waals surface area contributed by atoms with Gasteiger partial charge in [0, 0.05) is 39.3 Å². The quantitative estimate of drug-likeness (QED) is 0.251. The number of guanidine groups is 1. The van der Waals surface area contributed by atoms with E-state index in [1.165, 1.54) is 37.8 Å². The van der Waals surface area contributed by atoms with E-state index in [9.17, 15) is 0 Å². The summed E-state index contributed by atoms with van der Waals surface area (Å²) in [6, 6.07) is 11.3. The van der Waals surface area contributed by atoms with E-state index in [0.717, 1.165) is 44.7 Å². The maximum Gasteiger partial charge on any atom is 0.191 e. The first-order valence-electron chi connectivity index (χ1n) is 9.65. The second-order valence-electron chi connectivity index (χ2n) is 7.15. The van der Waals surface area contributed by atoms with Crippen LogP contribution in [0.25, 0.3) is 0 Å². The molecule has 3 rings (SSSR count). The molecule has 1 unspecified atom stereocenters. The fourth-order valence-corrected chi connectivity index (χ4v) is 3.36.